The Morgan fingerprint density at radius 1 is 1.28 bits per heavy atom. The highest BCUT2D eigenvalue weighted by atomic mass is 16.2. The lowest BCUT2D eigenvalue weighted by Gasteiger charge is -2.21. The smallest absolute Gasteiger partial charge is 0.316 e. The highest BCUT2D eigenvalue weighted by Gasteiger charge is 2.25. The number of rotatable bonds is 4. The third kappa shape index (κ3) is 3.15. The van der Waals surface area contributed by atoms with Crippen LogP contribution in [0.1, 0.15) is 32.6 Å². The Hall–Kier alpha value is -1.71. The lowest BCUT2D eigenvalue weighted by molar-refractivity contribution is 0.259. The van der Waals surface area contributed by atoms with Crippen molar-refractivity contribution in [3.8, 4) is 0 Å². The fourth-order valence-electron chi connectivity index (χ4n) is 2.72. The van der Waals surface area contributed by atoms with Gasteiger partial charge in [0.25, 0.3) is 0 Å². The van der Waals surface area contributed by atoms with Gasteiger partial charge in [-0.2, -0.15) is 0 Å². The summed E-state index contributed by atoms with van der Waals surface area (Å²) in [6, 6.07) is 7.75. The monoisotopic (exact) mass is 247 g/mol. The van der Waals surface area contributed by atoms with Gasteiger partial charge < -0.3 is 16.4 Å². The van der Waals surface area contributed by atoms with Crippen molar-refractivity contribution in [2.24, 2.45) is 11.7 Å². The Bertz CT molecular complexity index is 402. The van der Waals surface area contributed by atoms with Crippen molar-refractivity contribution in [3.05, 3.63) is 24.3 Å². The third-order valence-corrected chi connectivity index (χ3v) is 3.69. The van der Waals surface area contributed by atoms with Crippen LogP contribution in [0.4, 0.5) is 16.2 Å². The molecule has 0 spiro atoms. The Balaban J connectivity index is 1.95. The number of anilines is 2. The maximum Gasteiger partial charge on any atom is 0.316 e. The summed E-state index contributed by atoms with van der Waals surface area (Å²) in [5, 5.41) is 6.14. The van der Waals surface area contributed by atoms with Gasteiger partial charge in [-0.3, -0.25) is 0 Å². The quantitative estimate of drug-likeness (QED) is 0.765. The second kappa shape index (κ2) is 5.76. The summed E-state index contributed by atoms with van der Waals surface area (Å²) in [6.07, 6.45) is 5.13. The molecule has 4 heteroatoms. The van der Waals surface area contributed by atoms with Gasteiger partial charge in [-0.1, -0.05) is 19.8 Å². The van der Waals surface area contributed by atoms with E-state index in [0.29, 0.717) is 6.04 Å². The van der Waals surface area contributed by atoms with Crippen molar-refractivity contribution in [2.45, 2.75) is 38.6 Å². The minimum Gasteiger partial charge on any atom is -0.382 e. The minimum atomic E-state index is -0.530. The Kier molecular flexibility index (Phi) is 4.07. The van der Waals surface area contributed by atoms with Crippen molar-refractivity contribution in [2.75, 3.05) is 10.6 Å². The predicted octanol–water partition coefficient (Wildman–Crippen LogP) is 3.17. The number of hydrogen-bond donors (Lipinski definition) is 3. The van der Waals surface area contributed by atoms with E-state index in [1.54, 1.807) is 0 Å². The van der Waals surface area contributed by atoms with Gasteiger partial charge in [0.1, 0.15) is 0 Å². The van der Waals surface area contributed by atoms with Crippen LogP contribution in [0, 0.1) is 5.92 Å². The maximum absolute atomic E-state index is 10.7. The average molecular weight is 247 g/mol. The number of hydrogen-bond acceptors (Lipinski definition) is 2. The van der Waals surface area contributed by atoms with Gasteiger partial charge in [-0.05, 0) is 43.0 Å². The van der Waals surface area contributed by atoms with Crippen molar-refractivity contribution in [1.82, 2.24) is 0 Å². The number of amides is 2. The van der Waals surface area contributed by atoms with Crippen LogP contribution in [0.5, 0.6) is 0 Å². The highest BCUT2D eigenvalue weighted by molar-refractivity contribution is 5.87. The summed E-state index contributed by atoms with van der Waals surface area (Å²) in [6.45, 7) is 2.25. The maximum atomic E-state index is 10.7. The fraction of sp³-hybridized carbons (Fsp3) is 0.500. The fourth-order valence-corrected chi connectivity index (χ4v) is 2.72. The van der Waals surface area contributed by atoms with E-state index in [-0.39, 0.29) is 0 Å². The zero-order valence-corrected chi connectivity index (χ0v) is 10.8. The van der Waals surface area contributed by atoms with Crippen LogP contribution in [-0.4, -0.2) is 12.1 Å². The largest absolute Gasteiger partial charge is 0.382 e. The van der Waals surface area contributed by atoms with Crippen LogP contribution < -0.4 is 16.4 Å². The number of urea groups is 1. The molecule has 1 aromatic carbocycles. The van der Waals surface area contributed by atoms with E-state index in [0.717, 1.165) is 17.3 Å². The van der Waals surface area contributed by atoms with E-state index in [2.05, 4.69) is 17.6 Å². The molecule has 0 aromatic heterocycles. The van der Waals surface area contributed by atoms with E-state index in [4.69, 9.17) is 5.73 Å². The van der Waals surface area contributed by atoms with Crippen molar-refractivity contribution in [1.29, 1.82) is 0 Å². The summed E-state index contributed by atoms with van der Waals surface area (Å²) in [7, 11) is 0. The number of primary amides is 1. The van der Waals surface area contributed by atoms with E-state index >= 15 is 0 Å². The van der Waals surface area contributed by atoms with Crippen LogP contribution in [0.15, 0.2) is 24.3 Å². The average Bonchev–Trinajstić information content (AvgIpc) is 2.78. The second-order valence-corrected chi connectivity index (χ2v) is 4.92. The summed E-state index contributed by atoms with van der Waals surface area (Å²) >= 11 is 0. The van der Waals surface area contributed by atoms with E-state index < -0.39 is 6.03 Å². The van der Waals surface area contributed by atoms with Gasteiger partial charge in [0.05, 0.1) is 0 Å². The van der Waals surface area contributed by atoms with Gasteiger partial charge in [0.2, 0.25) is 0 Å². The molecule has 0 aliphatic heterocycles. The predicted molar refractivity (Wildman–Crippen MR) is 74.7 cm³/mol. The molecular formula is C14H21N3O. The van der Waals surface area contributed by atoms with Crippen LogP contribution >= 0.6 is 0 Å². The lowest BCUT2D eigenvalue weighted by Crippen LogP contribution is -2.23. The molecule has 0 radical (unpaired) electrons. The summed E-state index contributed by atoms with van der Waals surface area (Å²) < 4.78 is 0. The molecule has 1 saturated carbocycles. The molecular weight excluding hydrogens is 226 g/mol. The standard InChI is InChI=1S/C14H21N3O/c1-2-10-4-3-5-13(10)16-11-6-8-12(9-7-11)17-14(15)18/h6-10,13,16H,2-5H2,1H3,(H3,15,17,18). The Morgan fingerprint density at radius 3 is 2.56 bits per heavy atom. The van der Waals surface area contributed by atoms with Gasteiger partial charge >= 0.3 is 6.03 Å². The van der Waals surface area contributed by atoms with E-state index in [1.165, 1.54) is 25.7 Å². The molecule has 0 bridgehead atoms. The normalized spacial score (nSPS) is 22.7. The Morgan fingerprint density at radius 2 is 1.94 bits per heavy atom. The van der Waals surface area contributed by atoms with Gasteiger partial charge in [0.15, 0.2) is 0 Å². The molecule has 2 rings (SSSR count). The third-order valence-electron chi connectivity index (χ3n) is 3.69. The number of carbonyl (C=O) groups excluding carboxylic acids is 1. The first-order chi connectivity index (χ1) is 8.69. The first-order valence-corrected chi connectivity index (χ1v) is 6.62. The first-order valence-electron chi connectivity index (χ1n) is 6.62. The lowest BCUT2D eigenvalue weighted by atomic mass is 10.0. The number of nitrogens with one attached hydrogen (secondary N) is 2. The second-order valence-electron chi connectivity index (χ2n) is 4.92. The molecule has 0 saturated heterocycles. The topological polar surface area (TPSA) is 67.2 Å². The van der Waals surface area contributed by atoms with Crippen molar-refractivity contribution >= 4 is 17.4 Å². The van der Waals surface area contributed by atoms with Gasteiger partial charge in [-0.25, -0.2) is 4.79 Å². The van der Waals surface area contributed by atoms with Gasteiger partial charge in [-0.15, -0.1) is 0 Å². The molecule has 4 nitrogen and oxygen atoms in total. The molecule has 2 unspecified atom stereocenters. The molecule has 1 aliphatic rings. The zero-order valence-electron chi connectivity index (χ0n) is 10.8. The molecule has 98 valence electrons. The van der Waals surface area contributed by atoms with E-state index in [9.17, 15) is 4.79 Å². The molecule has 1 aliphatic carbocycles. The highest BCUT2D eigenvalue weighted by Crippen LogP contribution is 2.30. The van der Waals surface area contributed by atoms with Crippen LogP contribution in [-0.2, 0) is 0 Å². The molecule has 4 N–H and O–H groups in total. The summed E-state index contributed by atoms with van der Waals surface area (Å²) in [4.78, 5) is 10.7. The summed E-state index contributed by atoms with van der Waals surface area (Å²) in [5.74, 6) is 0.786. The van der Waals surface area contributed by atoms with Crippen LogP contribution in [0.2, 0.25) is 0 Å². The van der Waals surface area contributed by atoms with Crippen LogP contribution in [0.3, 0.4) is 0 Å². The number of nitrogens with two attached hydrogens (primary N) is 1. The summed E-state index contributed by atoms with van der Waals surface area (Å²) in [5.41, 5.74) is 6.90. The van der Waals surface area contributed by atoms with Crippen molar-refractivity contribution in [3.63, 3.8) is 0 Å². The molecule has 2 amide bonds. The molecule has 1 aromatic rings. The Labute approximate surface area is 108 Å². The zero-order chi connectivity index (χ0) is 13.0. The van der Waals surface area contributed by atoms with Crippen LogP contribution in [0.25, 0.3) is 0 Å². The number of carbonyl (C=O) groups is 1. The SMILES string of the molecule is CCC1CCCC1Nc1ccc(NC(N)=O)cc1. The van der Waals surface area contributed by atoms with Gasteiger partial charge in [0, 0.05) is 17.4 Å². The first kappa shape index (κ1) is 12.7. The van der Waals surface area contributed by atoms with Crippen molar-refractivity contribution < 1.29 is 4.79 Å². The number of benzene rings is 1. The molecule has 2 atom stereocenters. The minimum absolute atomic E-state index is 0.530. The van der Waals surface area contributed by atoms with E-state index in [1.807, 2.05) is 24.3 Å². The molecule has 1 fully saturated rings. The molecule has 0 heterocycles. The molecule has 18 heavy (non-hydrogen) atoms.